The molecule has 1 aromatic carbocycles. The van der Waals surface area contributed by atoms with E-state index in [2.05, 4.69) is 0 Å². The molecule has 2 aromatic rings. The molecule has 0 saturated heterocycles. The van der Waals surface area contributed by atoms with Gasteiger partial charge in [0.1, 0.15) is 11.5 Å². The van der Waals surface area contributed by atoms with E-state index in [0.717, 1.165) is 6.42 Å². The number of ether oxygens (including phenoxy) is 2. The fourth-order valence-corrected chi connectivity index (χ4v) is 3.31. The van der Waals surface area contributed by atoms with E-state index in [9.17, 15) is 14.7 Å². The van der Waals surface area contributed by atoms with Gasteiger partial charge in [0.25, 0.3) is 5.91 Å². The van der Waals surface area contributed by atoms with Gasteiger partial charge in [-0.1, -0.05) is 19.1 Å². The average Bonchev–Trinajstić information content (AvgIpc) is 3.27. The fourth-order valence-electron chi connectivity index (χ4n) is 3.31. The van der Waals surface area contributed by atoms with Crippen molar-refractivity contribution < 1.29 is 28.6 Å². The van der Waals surface area contributed by atoms with Gasteiger partial charge in [0.2, 0.25) is 5.78 Å². The summed E-state index contributed by atoms with van der Waals surface area (Å²) in [5, 5.41) is 10.5. The predicted molar refractivity (Wildman–Crippen MR) is 106 cm³/mol. The molecule has 0 aliphatic carbocycles. The van der Waals surface area contributed by atoms with Gasteiger partial charge in [0.15, 0.2) is 11.5 Å². The van der Waals surface area contributed by atoms with Crippen molar-refractivity contribution in [3.05, 3.63) is 64.8 Å². The molecule has 0 bridgehead atoms. The largest absolute Gasteiger partial charge is 0.503 e. The number of Topliss-reactive ketones (excluding diaryl/α,β-unsaturated/α-hetero) is 1. The Morgan fingerprint density at radius 1 is 1.17 bits per heavy atom. The second-order valence-corrected chi connectivity index (χ2v) is 6.81. The number of aliphatic hydroxyl groups is 1. The maximum absolute atomic E-state index is 13.1. The van der Waals surface area contributed by atoms with Crippen LogP contribution in [0.4, 0.5) is 0 Å². The minimum Gasteiger partial charge on any atom is -0.503 e. The van der Waals surface area contributed by atoms with E-state index in [1.807, 2.05) is 6.92 Å². The van der Waals surface area contributed by atoms with Crippen molar-refractivity contribution in [1.29, 1.82) is 0 Å². The van der Waals surface area contributed by atoms with E-state index in [4.69, 9.17) is 13.9 Å². The van der Waals surface area contributed by atoms with Crippen LogP contribution in [0.5, 0.6) is 5.75 Å². The van der Waals surface area contributed by atoms with Gasteiger partial charge in [-0.05, 0) is 43.2 Å². The van der Waals surface area contributed by atoms with E-state index in [-0.39, 0.29) is 24.5 Å². The van der Waals surface area contributed by atoms with Crippen LogP contribution >= 0.6 is 0 Å². The Hall–Kier alpha value is -3.06. The van der Waals surface area contributed by atoms with Gasteiger partial charge < -0.3 is 23.9 Å². The first kappa shape index (κ1) is 20.7. The number of aliphatic hydroxyl groups excluding tert-OH is 1. The maximum atomic E-state index is 13.1. The first-order valence-electron chi connectivity index (χ1n) is 9.54. The monoisotopic (exact) mass is 399 g/mol. The molecule has 1 aromatic heterocycles. The van der Waals surface area contributed by atoms with Gasteiger partial charge in [0, 0.05) is 13.7 Å². The number of hydrogen-bond donors (Lipinski definition) is 1. The van der Waals surface area contributed by atoms with Crippen LogP contribution in [-0.4, -0.2) is 48.6 Å². The Balaban J connectivity index is 1.99. The summed E-state index contributed by atoms with van der Waals surface area (Å²) in [4.78, 5) is 27.2. The molecule has 0 fully saturated rings. The van der Waals surface area contributed by atoms with Crippen molar-refractivity contribution >= 4 is 11.7 Å². The molecule has 0 spiro atoms. The quantitative estimate of drug-likeness (QED) is 0.648. The van der Waals surface area contributed by atoms with Crippen molar-refractivity contribution in [1.82, 2.24) is 4.90 Å². The summed E-state index contributed by atoms with van der Waals surface area (Å²) in [6, 6.07) is 9.63. The first-order chi connectivity index (χ1) is 14.0. The smallest absolute Gasteiger partial charge is 0.290 e. The molecule has 2 heterocycles. The number of furan rings is 1. The summed E-state index contributed by atoms with van der Waals surface area (Å²) in [6.07, 6.45) is 0.890. The molecule has 7 nitrogen and oxygen atoms in total. The summed E-state index contributed by atoms with van der Waals surface area (Å²) in [7, 11) is 1.53. The second kappa shape index (κ2) is 8.96. The molecule has 3 rings (SSSR count). The highest BCUT2D eigenvalue weighted by atomic mass is 16.5. The Kier molecular flexibility index (Phi) is 6.39. The number of amides is 1. The molecule has 1 aliphatic rings. The van der Waals surface area contributed by atoms with Crippen LogP contribution < -0.4 is 4.74 Å². The highest BCUT2D eigenvalue weighted by molar-refractivity contribution is 6.15. The van der Waals surface area contributed by atoms with Gasteiger partial charge in [-0.15, -0.1) is 0 Å². The molecule has 1 N–H and O–H groups in total. The third-order valence-electron chi connectivity index (χ3n) is 4.72. The van der Waals surface area contributed by atoms with Crippen molar-refractivity contribution in [3.63, 3.8) is 0 Å². The number of rotatable bonds is 9. The number of carbonyl (C=O) groups is 2. The SMILES string of the molecule is CCCOc1ccc([C@@H]2C(C(=O)c3ccc(C)o3)=C(O)C(=O)N2CCOC)cc1. The lowest BCUT2D eigenvalue weighted by atomic mass is 9.95. The van der Waals surface area contributed by atoms with Gasteiger partial charge in [0.05, 0.1) is 24.8 Å². The summed E-state index contributed by atoms with van der Waals surface area (Å²) < 4.78 is 16.1. The number of aryl methyl sites for hydroxylation is 1. The molecule has 0 saturated carbocycles. The van der Waals surface area contributed by atoms with Crippen molar-refractivity contribution in [3.8, 4) is 5.75 Å². The summed E-state index contributed by atoms with van der Waals surface area (Å²) in [6.45, 7) is 4.85. The molecule has 1 atom stereocenters. The van der Waals surface area contributed by atoms with Gasteiger partial charge in [-0.25, -0.2) is 0 Å². The lowest BCUT2D eigenvalue weighted by Gasteiger charge is -2.26. The Bertz CT molecular complexity index is 912. The Morgan fingerprint density at radius 2 is 1.90 bits per heavy atom. The lowest BCUT2D eigenvalue weighted by molar-refractivity contribution is -0.130. The van der Waals surface area contributed by atoms with Crippen LogP contribution in [-0.2, 0) is 9.53 Å². The van der Waals surface area contributed by atoms with Crippen LogP contribution in [0.25, 0.3) is 0 Å². The normalized spacial score (nSPS) is 16.6. The Morgan fingerprint density at radius 3 is 2.48 bits per heavy atom. The zero-order chi connectivity index (χ0) is 21.0. The molecule has 1 amide bonds. The zero-order valence-corrected chi connectivity index (χ0v) is 16.8. The van der Waals surface area contributed by atoms with Crippen LogP contribution in [0.3, 0.4) is 0 Å². The molecule has 154 valence electrons. The summed E-state index contributed by atoms with van der Waals surface area (Å²) >= 11 is 0. The molecule has 0 unspecified atom stereocenters. The highest BCUT2D eigenvalue weighted by Gasteiger charge is 2.44. The van der Waals surface area contributed by atoms with Crippen molar-refractivity contribution in [2.24, 2.45) is 0 Å². The molecular weight excluding hydrogens is 374 g/mol. The van der Waals surface area contributed by atoms with E-state index < -0.39 is 23.5 Å². The summed E-state index contributed by atoms with van der Waals surface area (Å²) in [5.41, 5.74) is 0.691. The minimum atomic E-state index is -0.740. The fraction of sp³-hybridized carbons (Fsp3) is 0.364. The van der Waals surface area contributed by atoms with Crippen molar-refractivity contribution in [2.75, 3.05) is 26.9 Å². The van der Waals surface area contributed by atoms with Crippen molar-refractivity contribution in [2.45, 2.75) is 26.3 Å². The molecule has 29 heavy (non-hydrogen) atoms. The van der Waals surface area contributed by atoms with Crippen LogP contribution in [0, 0.1) is 6.92 Å². The number of carbonyl (C=O) groups excluding carboxylic acids is 2. The van der Waals surface area contributed by atoms with E-state index >= 15 is 0 Å². The van der Waals surface area contributed by atoms with Crippen LogP contribution in [0.1, 0.15) is 41.3 Å². The van der Waals surface area contributed by atoms with Gasteiger partial charge in [-0.2, -0.15) is 0 Å². The van der Waals surface area contributed by atoms with Crippen LogP contribution in [0.15, 0.2) is 52.1 Å². The molecular formula is C22H25NO6. The predicted octanol–water partition coefficient (Wildman–Crippen LogP) is 3.60. The first-order valence-corrected chi connectivity index (χ1v) is 9.54. The highest BCUT2D eigenvalue weighted by Crippen LogP contribution is 2.39. The van der Waals surface area contributed by atoms with Gasteiger partial charge >= 0.3 is 0 Å². The van der Waals surface area contributed by atoms with Gasteiger partial charge in [-0.3, -0.25) is 9.59 Å². The number of benzene rings is 1. The number of methoxy groups -OCH3 is 1. The third-order valence-corrected chi connectivity index (χ3v) is 4.72. The number of ketones is 1. The topological polar surface area (TPSA) is 89.2 Å². The third kappa shape index (κ3) is 4.19. The molecule has 1 aliphatic heterocycles. The number of hydrogen-bond acceptors (Lipinski definition) is 6. The summed E-state index contributed by atoms with van der Waals surface area (Å²) in [5.74, 6) is -0.325. The number of nitrogens with zero attached hydrogens (tertiary/aromatic N) is 1. The Labute approximate surface area is 169 Å². The zero-order valence-electron chi connectivity index (χ0n) is 16.8. The second-order valence-electron chi connectivity index (χ2n) is 6.81. The molecule has 7 heteroatoms. The average molecular weight is 399 g/mol. The van der Waals surface area contributed by atoms with Crippen LogP contribution in [0.2, 0.25) is 0 Å². The minimum absolute atomic E-state index is 0.00248. The van der Waals surface area contributed by atoms with E-state index in [0.29, 0.717) is 23.7 Å². The lowest BCUT2D eigenvalue weighted by Crippen LogP contribution is -2.34. The standard InChI is InChI=1S/C22H25NO6/c1-4-12-28-16-8-6-15(7-9-16)19-18(20(24)17-10-5-14(2)29-17)21(25)22(26)23(19)11-13-27-3/h5-10,19,25H,4,11-13H2,1-3H3/t19-/m1/s1. The van der Waals surface area contributed by atoms with E-state index in [1.54, 1.807) is 43.3 Å². The maximum Gasteiger partial charge on any atom is 0.290 e. The van der Waals surface area contributed by atoms with E-state index in [1.165, 1.54) is 12.0 Å². The molecule has 0 radical (unpaired) electrons.